The zero-order valence-electron chi connectivity index (χ0n) is 15.6. The molecule has 1 aromatic rings. The number of furan rings is 1. The number of rotatable bonds is 13. The summed E-state index contributed by atoms with van der Waals surface area (Å²) in [5.41, 5.74) is 0. The first-order valence-corrected chi connectivity index (χ1v) is 9.86. The van der Waals surface area contributed by atoms with Crippen molar-refractivity contribution in [2.45, 2.75) is 12.8 Å². The van der Waals surface area contributed by atoms with Gasteiger partial charge in [-0.1, -0.05) is 0 Å². The van der Waals surface area contributed by atoms with Gasteiger partial charge in [-0.3, -0.25) is 4.99 Å². The molecule has 0 amide bonds. The molecule has 6 nitrogen and oxygen atoms in total. The van der Waals surface area contributed by atoms with E-state index in [1.807, 2.05) is 23.9 Å². The molecule has 1 rings (SSSR count). The largest absolute Gasteiger partial charge is 0.469 e. The minimum atomic E-state index is 0. The fourth-order valence-electron chi connectivity index (χ4n) is 2.13. The number of nitrogens with one attached hydrogen (secondary N) is 2. The first kappa shape index (κ1) is 24.6. The van der Waals surface area contributed by atoms with Crippen LogP contribution < -0.4 is 10.6 Å². The molecule has 1 heterocycles. The molecule has 146 valence electrons. The molecular formula is C17H33IN4O2S. The SMILES string of the molecule is COCCCN(C)CCN=C(NCCSC)NCCc1ccco1.I. The highest BCUT2D eigenvalue weighted by molar-refractivity contribution is 14.0. The highest BCUT2D eigenvalue weighted by Crippen LogP contribution is 1.99. The third kappa shape index (κ3) is 13.4. The van der Waals surface area contributed by atoms with E-state index in [-0.39, 0.29) is 24.0 Å². The van der Waals surface area contributed by atoms with E-state index in [1.54, 1.807) is 13.4 Å². The number of thioether (sulfide) groups is 1. The smallest absolute Gasteiger partial charge is 0.191 e. The van der Waals surface area contributed by atoms with Gasteiger partial charge in [0.05, 0.1) is 12.8 Å². The number of methoxy groups -OCH3 is 1. The second kappa shape index (κ2) is 17.0. The molecule has 8 heteroatoms. The van der Waals surface area contributed by atoms with Gasteiger partial charge in [0, 0.05) is 52.1 Å². The molecule has 0 unspecified atom stereocenters. The van der Waals surface area contributed by atoms with E-state index in [1.165, 1.54) is 0 Å². The second-order valence-electron chi connectivity index (χ2n) is 5.56. The van der Waals surface area contributed by atoms with Crippen molar-refractivity contribution in [1.82, 2.24) is 15.5 Å². The summed E-state index contributed by atoms with van der Waals surface area (Å²) in [5, 5.41) is 6.75. The summed E-state index contributed by atoms with van der Waals surface area (Å²) in [6.45, 7) is 5.28. The second-order valence-corrected chi connectivity index (χ2v) is 6.54. The van der Waals surface area contributed by atoms with E-state index >= 15 is 0 Å². The molecule has 0 fully saturated rings. The average Bonchev–Trinajstić information content (AvgIpc) is 3.08. The van der Waals surface area contributed by atoms with Crippen molar-refractivity contribution >= 4 is 41.7 Å². The topological polar surface area (TPSA) is 62.0 Å². The van der Waals surface area contributed by atoms with Crippen LogP contribution in [0.25, 0.3) is 0 Å². The molecular weight excluding hydrogens is 451 g/mol. The van der Waals surface area contributed by atoms with Crippen molar-refractivity contribution in [1.29, 1.82) is 0 Å². The molecule has 0 aliphatic carbocycles. The van der Waals surface area contributed by atoms with Gasteiger partial charge in [0.15, 0.2) is 5.96 Å². The molecule has 0 aliphatic rings. The van der Waals surface area contributed by atoms with Crippen molar-refractivity contribution < 1.29 is 9.15 Å². The quantitative estimate of drug-likeness (QED) is 0.194. The van der Waals surface area contributed by atoms with Gasteiger partial charge in [-0.05, 0) is 31.9 Å². The molecule has 0 aliphatic heterocycles. The van der Waals surface area contributed by atoms with E-state index < -0.39 is 0 Å². The van der Waals surface area contributed by atoms with Gasteiger partial charge in [0.25, 0.3) is 0 Å². The Morgan fingerprint density at radius 3 is 2.80 bits per heavy atom. The van der Waals surface area contributed by atoms with Gasteiger partial charge in [-0.2, -0.15) is 11.8 Å². The molecule has 0 atom stereocenters. The Hall–Kier alpha value is -0.450. The molecule has 0 saturated carbocycles. The van der Waals surface area contributed by atoms with E-state index in [4.69, 9.17) is 9.15 Å². The summed E-state index contributed by atoms with van der Waals surface area (Å²) < 4.78 is 10.4. The monoisotopic (exact) mass is 484 g/mol. The van der Waals surface area contributed by atoms with Gasteiger partial charge in [0.1, 0.15) is 5.76 Å². The number of ether oxygens (including phenoxy) is 1. The first-order valence-electron chi connectivity index (χ1n) is 8.47. The van der Waals surface area contributed by atoms with Crippen molar-refractivity contribution in [3.8, 4) is 0 Å². The number of halogens is 1. The van der Waals surface area contributed by atoms with E-state index in [0.29, 0.717) is 0 Å². The van der Waals surface area contributed by atoms with Crippen molar-refractivity contribution in [3.05, 3.63) is 24.2 Å². The molecule has 0 spiro atoms. The molecule has 0 saturated heterocycles. The number of likely N-dealkylation sites (N-methyl/N-ethyl adjacent to an activating group) is 1. The van der Waals surface area contributed by atoms with Crippen LogP contribution in [0, 0.1) is 0 Å². The lowest BCUT2D eigenvalue weighted by Crippen LogP contribution is -2.40. The molecule has 2 N–H and O–H groups in total. The summed E-state index contributed by atoms with van der Waals surface area (Å²) in [6.07, 6.45) is 5.72. The number of nitrogens with zero attached hydrogens (tertiary/aromatic N) is 2. The normalized spacial score (nSPS) is 11.4. The van der Waals surface area contributed by atoms with E-state index in [2.05, 4.69) is 33.8 Å². The zero-order valence-corrected chi connectivity index (χ0v) is 18.8. The summed E-state index contributed by atoms with van der Waals surface area (Å²) in [7, 11) is 3.86. The van der Waals surface area contributed by atoms with Crippen LogP contribution in [0.3, 0.4) is 0 Å². The molecule has 0 bridgehead atoms. The van der Waals surface area contributed by atoms with Crippen LogP contribution in [0.1, 0.15) is 12.2 Å². The number of aliphatic imine (C=N–C) groups is 1. The Balaban J connectivity index is 0.00000576. The summed E-state index contributed by atoms with van der Waals surface area (Å²) in [4.78, 5) is 6.95. The van der Waals surface area contributed by atoms with E-state index in [0.717, 1.165) is 69.6 Å². The minimum absolute atomic E-state index is 0. The molecule has 0 radical (unpaired) electrons. The fraction of sp³-hybridized carbons (Fsp3) is 0.706. The van der Waals surface area contributed by atoms with Gasteiger partial charge in [-0.15, -0.1) is 24.0 Å². The van der Waals surface area contributed by atoms with Crippen LogP contribution >= 0.6 is 35.7 Å². The van der Waals surface area contributed by atoms with Crippen LogP contribution in [0.5, 0.6) is 0 Å². The Bertz CT molecular complexity index is 432. The van der Waals surface area contributed by atoms with Gasteiger partial charge >= 0.3 is 0 Å². The summed E-state index contributed by atoms with van der Waals surface area (Å²) in [6, 6.07) is 3.91. The maximum absolute atomic E-state index is 5.35. The number of guanidine groups is 1. The summed E-state index contributed by atoms with van der Waals surface area (Å²) >= 11 is 1.83. The maximum atomic E-state index is 5.35. The summed E-state index contributed by atoms with van der Waals surface area (Å²) in [5.74, 6) is 2.93. The maximum Gasteiger partial charge on any atom is 0.191 e. The highest BCUT2D eigenvalue weighted by Gasteiger charge is 2.01. The Kier molecular flexibility index (Phi) is 16.7. The van der Waals surface area contributed by atoms with Crippen LogP contribution in [0.2, 0.25) is 0 Å². The van der Waals surface area contributed by atoms with Crippen LogP contribution in [0.4, 0.5) is 0 Å². The predicted molar refractivity (Wildman–Crippen MR) is 119 cm³/mol. The van der Waals surface area contributed by atoms with Gasteiger partial charge in [-0.25, -0.2) is 0 Å². The standard InChI is InChI=1S/C17H32N4O2S.HI/c1-21(11-5-13-22-2)12-9-19-17(20-10-15-24-3)18-8-7-16-6-4-14-23-16;/h4,6,14H,5,7-13,15H2,1-3H3,(H2,18,19,20);1H. The highest BCUT2D eigenvalue weighted by atomic mass is 127. The zero-order chi connectivity index (χ0) is 17.5. The molecule has 0 aromatic carbocycles. The Labute approximate surface area is 173 Å². The number of hydrogen-bond acceptors (Lipinski definition) is 5. The molecule has 25 heavy (non-hydrogen) atoms. The lowest BCUT2D eigenvalue weighted by molar-refractivity contribution is 0.180. The van der Waals surface area contributed by atoms with Crippen molar-refractivity contribution in [2.75, 3.05) is 65.5 Å². The van der Waals surface area contributed by atoms with Crippen LogP contribution in [-0.4, -0.2) is 76.4 Å². The third-order valence-corrected chi connectivity index (χ3v) is 4.09. The molecule has 1 aromatic heterocycles. The predicted octanol–water partition coefficient (Wildman–Crippen LogP) is 2.31. The third-order valence-electron chi connectivity index (χ3n) is 3.48. The Morgan fingerprint density at radius 2 is 2.12 bits per heavy atom. The average molecular weight is 484 g/mol. The lowest BCUT2D eigenvalue weighted by Gasteiger charge is -2.16. The van der Waals surface area contributed by atoms with Crippen LogP contribution in [-0.2, 0) is 11.2 Å². The minimum Gasteiger partial charge on any atom is -0.469 e. The van der Waals surface area contributed by atoms with Gasteiger partial charge < -0.3 is 24.7 Å². The number of hydrogen-bond donors (Lipinski definition) is 2. The van der Waals surface area contributed by atoms with E-state index in [9.17, 15) is 0 Å². The van der Waals surface area contributed by atoms with Crippen molar-refractivity contribution in [3.63, 3.8) is 0 Å². The van der Waals surface area contributed by atoms with Crippen molar-refractivity contribution in [2.24, 2.45) is 4.99 Å². The Morgan fingerprint density at radius 1 is 1.32 bits per heavy atom. The van der Waals surface area contributed by atoms with Crippen LogP contribution in [0.15, 0.2) is 27.8 Å². The first-order chi connectivity index (χ1) is 11.8. The lowest BCUT2D eigenvalue weighted by atomic mass is 10.3. The fourth-order valence-corrected chi connectivity index (χ4v) is 2.43. The van der Waals surface area contributed by atoms with Gasteiger partial charge in [0.2, 0.25) is 0 Å².